The summed E-state index contributed by atoms with van der Waals surface area (Å²) in [6.45, 7) is 1.90. The van der Waals surface area contributed by atoms with E-state index in [1.165, 1.54) is 0 Å². The number of carbonyl (C=O) groups excluding carboxylic acids is 1. The zero-order chi connectivity index (χ0) is 15.2. The fourth-order valence-corrected chi connectivity index (χ4v) is 1.88. The first-order chi connectivity index (χ1) is 10.1. The van der Waals surface area contributed by atoms with Crippen LogP contribution in [0.2, 0.25) is 0 Å². The zero-order valence-corrected chi connectivity index (χ0v) is 12.1. The Bertz CT molecular complexity index is 691. The maximum atomic E-state index is 12.1. The Hall–Kier alpha value is -2.58. The van der Waals surface area contributed by atoms with Crippen molar-refractivity contribution in [2.24, 2.45) is 7.05 Å². The Morgan fingerprint density at radius 2 is 2.10 bits per heavy atom. The number of anilines is 1. The standard InChI is InChI=1S/C16H17N3O2/c1-12-11-15(19(2)18-12)16(21)17-14-8-6-13(7-9-14)5-3-4-10-20/h6-9,11,20H,4,10H2,1-2H3,(H,17,21). The second kappa shape index (κ2) is 6.73. The van der Waals surface area contributed by atoms with Gasteiger partial charge in [0, 0.05) is 24.7 Å². The highest BCUT2D eigenvalue weighted by atomic mass is 16.2. The smallest absolute Gasteiger partial charge is 0.273 e. The predicted molar refractivity (Wildman–Crippen MR) is 80.9 cm³/mol. The average Bonchev–Trinajstić information content (AvgIpc) is 2.80. The SMILES string of the molecule is Cc1cc(C(=O)Nc2ccc(C#CCCO)cc2)n(C)n1. The molecular formula is C16H17N3O2. The molecule has 0 aliphatic carbocycles. The average molecular weight is 283 g/mol. The lowest BCUT2D eigenvalue weighted by Crippen LogP contribution is -2.15. The molecule has 0 radical (unpaired) electrons. The number of aliphatic hydroxyl groups is 1. The van der Waals surface area contributed by atoms with Crippen LogP contribution in [0.15, 0.2) is 30.3 Å². The Morgan fingerprint density at radius 3 is 2.67 bits per heavy atom. The molecule has 1 aromatic carbocycles. The molecule has 0 aliphatic rings. The highest BCUT2D eigenvalue weighted by Gasteiger charge is 2.11. The molecule has 0 fully saturated rings. The van der Waals surface area contributed by atoms with E-state index in [0.29, 0.717) is 17.8 Å². The van der Waals surface area contributed by atoms with Gasteiger partial charge in [0.25, 0.3) is 5.91 Å². The third-order valence-electron chi connectivity index (χ3n) is 2.85. The van der Waals surface area contributed by atoms with Crippen LogP contribution in [0.5, 0.6) is 0 Å². The summed E-state index contributed by atoms with van der Waals surface area (Å²) >= 11 is 0. The number of aryl methyl sites for hydroxylation is 2. The van der Waals surface area contributed by atoms with Gasteiger partial charge < -0.3 is 10.4 Å². The predicted octanol–water partition coefficient (Wildman–Crippen LogP) is 1.71. The topological polar surface area (TPSA) is 67.2 Å². The van der Waals surface area contributed by atoms with Crippen molar-refractivity contribution < 1.29 is 9.90 Å². The minimum absolute atomic E-state index is 0.0608. The van der Waals surface area contributed by atoms with Crippen LogP contribution in [0.4, 0.5) is 5.69 Å². The molecule has 0 saturated heterocycles. The van der Waals surface area contributed by atoms with Crippen molar-refractivity contribution in [1.29, 1.82) is 0 Å². The maximum Gasteiger partial charge on any atom is 0.273 e. The summed E-state index contributed by atoms with van der Waals surface area (Å²) in [7, 11) is 1.74. The Kier molecular flexibility index (Phi) is 4.75. The first-order valence-corrected chi connectivity index (χ1v) is 6.62. The molecule has 0 aliphatic heterocycles. The van der Waals surface area contributed by atoms with Crippen LogP contribution in [0.3, 0.4) is 0 Å². The van der Waals surface area contributed by atoms with Crippen molar-refractivity contribution in [2.75, 3.05) is 11.9 Å². The van der Waals surface area contributed by atoms with Crippen molar-refractivity contribution in [2.45, 2.75) is 13.3 Å². The van der Waals surface area contributed by atoms with Gasteiger partial charge in [-0.1, -0.05) is 11.8 Å². The van der Waals surface area contributed by atoms with Crippen LogP contribution >= 0.6 is 0 Å². The number of aliphatic hydroxyl groups excluding tert-OH is 1. The molecule has 108 valence electrons. The Morgan fingerprint density at radius 1 is 1.38 bits per heavy atom. The molecule has 2 rings (SSSR count). The summed E-state index contributed by atoms with van der Waals surface area (Å²) in [5.41, 5.74) is 2.86. The van der Waals surface area contributed by atoms with Crippen molar-refractivity contribution in [3.63, 3.8) is 0 Å². The minimum Gasteiger partial charge on any atom is -0.395 e. The van der Waals surface area contributed by atoms with E-state index in [1.807, 2.05) is 19.1 Å². The fraction of sp³-hybridized carbons (Fsp3) is 0.250. The van der Waals surface area contributed by atoms with E-state index in [2.05, 4.69) is 22.3 Å². The van der Waals surface area contributed by atoms with E-state index in [1.54, 1.807) is 29.9 Å². The highest BCUT2D eigenvalue weighted by Crippen LogP contribution is 2.11. The van der Waals surface area contributed by atoms with Crippen LogP contribution in [0, 0.1) is 18.8 Å². The van der Waals surface area contributed by atoms with Gasteiger partial charge >= 0.3 is 0 Å². The van der Waals surface area contributed by atoms with E-state index in [-0.39, 0.29) is 12.5 Å². The van der Waals surface area contributed by atoms with Gasteiger partial charge in [-0.25, -0.2) is 0 Å². The molecule has 1 heterocycles. The number of hydrogen-bond donors (Lipinski definition) is 2. The lowest BCUT2D eigenvalue weighted by atomic mass is 10.2. The minimum atomic E-state index is -0.197. The molecular weight excluding hydrogens is 266 g/mol. The quantitative estimate of drug-likeness (QED) is 0.843. The van der Waals surface area contributed by atoms with Crippen molar-refractivity contribution >= 4 is 11.6 Å². The van der Waals surface area contributed by atoms with E-state index in [4.69, 9.17) is 5.11 Å². The monoisotopic (exact) mass is 283 g/mol. The highest BCUT2D eigenvalue weighted by molar-refractivity contribution is 6.03. The van der Waals surface area contributed by atoms with Gasteiger partial charge in [-0.2, -0.15) is 5.10 Å². The lowest BCUT2D eigenvalue weighted by molar-refractivity contribution is 0.101. The van der Waals surface area contributed by atoms with Crippen LogP contribution < -0.4 is 5.32 Å². The van der Waals surface area contributed by atoms with E-state index < -0.39 is 0 Å². The van der Waals surface area contributed by atoms with Crippen LogP contribution in [0.25, 0.3) is 0 Å². The normalized spacial score (nSPS) is 9.86. The number of nitrogens with one attached hydrogen (secondary N) is 1. The summed E-state index contributed by atoms with van der Waals surface area (Å²) in [5.74, 6) is 5.59. The largest absolute Gasteiger partial charge is 0.395 e. The van der Waals surface area contributed by atoms with E-state index in [0.717, 1.165) is 11.3 Å². The molecule has 5 heteroatoms. The first kappa shape index (κ1) is 14.8. The molecule has 0 unspecified atom stereocenters. The van der Waals surface area contributed by atoms with Crippen molar-refractivity contribution in [3.05, 3.63) is 47.3 Å². The van der Waals surface area contributed by atoms with Crippen molar-refractivity contribution in [3.8, 4) is 11.8 Å². The number of amides is 1. The van der Waals surface area contributed by atoms with Crippen LogP contribution in [-0.4, -0.2) is 27.4 Å². The zero-order valence-electron chi connectivity index (χ0n) is 12.1. The molecule has 1 amide bonds. The van der Waals surface area contributed by atoms with E-state index >= 15 is 0 Å². The number of hydrogen-bond acceptors (Lipinski definition) is 3. The molecule has 0 spiro atoms. The lowest BCUT2D eigenvalue weighted by Gasteiger charge is -2.05. The van der Waals surface area contributed by atoms with Gasteiger partial charge in [0.05, 0.1) is 12.3 Å². The third kappa shape index (κ3) is 3.94. The molecule has 21 heavy (non-hydrogen) atoms. The van der Waals surface area contributed by atoms with Crippen LogP contribution in [0.1, 0.15) is 28.2 Å². The van der Waals surface area contributed by atoms with Crippen molar-refractivity contribution in [1.82, 2.24) is 9.78 Å². The summed E-state index contributed by atoms with van der Waals surface area (Å²) in [5, 5.41) is 15.6. The van der Waals surface area contributed by atoms with Gasteiger partial charge in [-0.05, 0) is 37.3 Å². The Labute approximate surface area is 123 Å². The molecule has 2 aromatic rings. The molecule has 0 atom stereocenters. The van der Waals surface area contributed by atoms with Gasteiger partial charge in [0.2, 0.25) is 0 Å². The van der Waals surface area contributed by atoms with Crippen LogP contribution in [-0.2, 0) is 7.05 Å². The van der Waals surface area contributed by atoms with Gasteiger partial charge in [-0.15, -0.1) is 0 Å². The van der Waals surface area contributed by atoms with Gasteiger partial charge in [0.1, 0.15) is 5.69 Å². The third-order valence-corrected chi connectivity index (χ3v) is 2.85. The number of benzene rings is 1. The maximum absolute atomic E-state index is 12.1. The van der Waals surface area contributed by atoms with Gasteiger partial charge in [0.15, 0.2) is 0 Å². The molecule has 0 saturated carbocycles. The first-order valence-electron chi connectivity index (χ1n) is 6.62. The second-order valence-electron chi connectivity index (χ2n) is 4.60. The second-order valence-corrected chi connectivity index (χ2v) is 4.60. The number of aromatic nitrogens is 2. The number of nitrogens with zero attached hydrogens (tertiary/aromatic N) is 2. The summed E-state index contributed by atoms with van der Waals surface area (Å²) in [4.78, 5) is 12.1. The summed E-state index contributed by atoms with van der Waals surface area (Å²) in [6.07, 6.45) is 0.457. The van der Waals surface area contributed by atoms with Gasteiger partial charge in [-0.3, -0.25) is 9.48 Å². The molecule has 0 bridgehead atoms. The summed E-state index contributed by atoms with van der Waals surface area (Å²) in [6, 6.07) is 8.99. The number of rotatable bonds is 3. The molecule has 2 N–H and O–H groups in total. The molecule has 5 nitrogen and oxygen atoms in total. The summed E-state index contributed by atoms with van der Waals surface area (Å²) < 4.78 is 1.55. The fourth-order valence-electron chi connectivity index (χ4n) is 1.88. The number of carbonyl (C=O) groups is 1. The molecule has 1 aromatic heterocycles. The Balaban J connectivity index is 2.05. The van der Waals surface area contributed by atoms with E-state index in [9.17, 15) is 4.79 Å².